The van der Waals surface area contributed by atoms with E-state index in [9.17, 15) is 4.79 Å². The van der Waals surface area contributed by atoms with E-state index in [1.165, 1.54) is 13.3 Å². The van der Waals surface area contributed by atoms with E-state index in [1.807, 2.05) is 13.8 Å². The number of ether oxygens (including phenoxy) is 2. The van der Waals surface area contributed by atoms with Crippen molar-refractivity contribution < 1.29 is 14.3 Å². The number of anilines is 1. The summed E-state index contributed by atoms with van der Waals surface area (Å²) in [5.74, 6) is 0.573. The first-order valence-corrected chi connectivity index (χ1v) is 5.41. The molecule has 0 atom stereocenters. The van der Waals surface area contributed by atoms with Crippen LogP contribution in [0, 0.1) is 5.92 Å². The van der Waals surface area contributed by atoms with Crippen molar-refractivity contribution in [3.8, 4) is 5.88 Å². The van der Waals surface area contributed by atoms with E-state index < -0.39 is 6.09 Å². The van der Waals surface area contributed by atoms with Gasteiger partial charge in [0.15, 0.2) is 11.0 Å². The van der Waals surface area contributed by atoms with E-state index in [0.29, 0.717) is 6.61 Å². The molecule has 94 valence electrons. The first-order chi connectivity index (χ1) is 8.02. The standard InChI is InChI=1S/C10H14ClN3O3/c1-6(2)5-17-10(15)14-8-9(16-3)13-7(11)4-12-8/h4,6H,5H2,1-3H3,(H,12,14,15). The van der Waals surface area contributed by atoms with Gasteiger partial charge in [-0.25, -0.2) is 9.78 Å². The van der Waals surface area contributed by atoms with Gasteiger partial charge < -0.3 is 9.47 Å². The molecule has 0 saturated heterocycles. The van der Waals surface area contributed by atoms with Crippen LogP contribution in [0.2, 0.25) is 5.15 Å². The van der Waals surface area contributed by atoms with E-state index in [0.717, 1.165) is 0 Å². The molecule has 0 bridgehead atoms. The molecule has 1 aromatic rings. The summed E-state index contributed by atoms with van der Waals surface area (Å²) in [4.78, 5) is 19.1. The summed E-state index contributed by atoms with van der Waals surface area (Å²) in [6, 6.07) is 0. The maximum Gasteiger partial charge on any atom is 0.412 e. The fourth-order valence-electron chi connectivity index (χ4n) is 0.955. The van der Waals surface area contributed by atoms with Gasteiger partial charge in [0.05, 0.1) is 19.9 Å². The summed E-state index contributed by atoms with van der Waals surface area (Å²) >= 11 is 5.64. The number of amides is 1. The summed E-state index contributed by atoms with van der Waals surface area (Å²) in [6.07, 6.45) is 0.705. The quantitative estimate of drug-likeness (QED) is 0.898. The molecule has 1 rings (SSSR count). The fourth-order valence-corrected chi connectivity index (χ4v) is 1.08. The van der Waals surface area contributed by atoms with Crippen LogP contribution in [0.15, 0.2) is 6.20 Å². The number of nitrogens with one attached hydrogen (secondary N) is 1. The number of carbonyl (C=O) groups is 1. The largest absolute Gasteiger partial charge is 0.478 e. The van der Waals surface area contributed by atoms with Gasteiger partial charge in [0.25, 0.3) is 5.88 Å². The Labute approximate surface area is 104 Å². The first-order valence-electron chi connectivity index (χ1n) is 5.03. The fraction of sp³-hybridized carbons (Fsp3) is 0.500. The Morgan fingerprint density at radius 1 is 1.59 bits per heavy atom. The lowest BCUT2D eigenvalue weighted by Gasteiger charge is -2.10. The van der Waals surface area contributed by atoms with Crippen molar-refractivity contribution in [3.05, 3.63) is 11.3 Å². The minimum Gasteiger partial charge on any atom is -0.478 e. The molecule has 1 heterocycles. The van der Waals surface area contributed by atoms with Gasteiger partial charge in [-0.15, -0.1) is 0 Å². The maximum absolute atomic E-state index is 11.4. The zero-order valence-electron chi connectivity index (χ0n) is 9.86. The van der Waals surface area contributed by atoms with Crippen LogP contribution in [0.1, 0.15) is 13.8 Å². The summed E-state index contributed by atoms with van der Waals surface area (Å²) in [5.41, 5.74) is 0. The number of aromatic nitrogens is 2. The molecule has 7 heteroatoms. The third kappa shape index (κ3) is 4.44. The van der Waals surface area contributed by atoms with E-state index in [4.69, 9.17) is 21.1 Å². The van der Waals surface area contributed by atoms with Crippen LogP contribution in [0.3, 0.4) is 0 Å². The Bertz CT molecular complexity index is 398. The highest BCUT2D eigenvalue weighted by molar-refractivity contribution is 6.29. The summed E-state index contributed by atoms with van der Waals surface area (Å²) in [6.45, 7) is 4.21. The molecule has 6 nitrogen and oxygen atoms in total. The minimum absolute atomic E-state index is 0.138. The normalized spacial score (nSPS) is 10.2. The van der Waals surface area contributed by atoms with Crippen LogP contribution in [-0.4, -0.2) is 29.8 Å². The predicted molar refractivity (Wildman–Crippen MR) is 63.4 cm³/mol. The second kappa shape index (κ2) is 6.24. The Hall–Kier alpha value is -1.56. The Balaban J connectivity index is 2.64. The number of hydrogen-bond donors (Lipinski definition) is 1. The molecule has 0 unspecified atom stereocenters. The van der Waals surface area contributed by atoms with Crippen molar-refractivity contribution in [2.45, 2.75) is 13.8 Å². The smallest absolute Gasteiger partial charge is 0.412 e. The van der Waals surface area contributed by atoms with Gasteiger partial charge in [-0.05, 0) is 5.92 Å². The summed E-state index contributed by atoms with van der Waals surface area (Å²) in [5, 5.41) is 2.61. The molecule has 0 aliphatic heterocycles. The second-order valence-electron chi connectivity index (χ2n) is 3.67. The topological polar surface area (TPSA) is 73.3 Å². The Morgan fingerprint density at radius 2 is 2.29 bits per heavy atom. The van der Waals surface area contributed by atoms with Crippen molar-refractivity contribution in [3.63, 3.8) is 0 Å². The summed E-state index contributed by atoms with van der Waals surface area (Å²) in [7, 11) is 1.41. The molecule has 17 heavy (non-hydrogen) atoms. The van der Waals surface area contributed by atoms with Crippen LogP contribution in [-0.2, 0) is 4.74 Å². The highest BCUT2D eigenvalue weighted by atomic mass is 35.5. The molecular weight excluding hydrogens is 246 g/mol. The molecule has 0 saturated carbocycles. The van der Waals surface area contributed by atoms with Gasteiger partial charge >= 0.3 is 6.09 Å². The molecule has 0 aliphatic carbocycles. The molecule has 1 aromatic heterocycles. The number of halogens is 1. The monoisotopic (exact) mass is 259 g/mol. The second-order valence-corrected chi connectivity index (χ2v) is 4.06. The third-order valence-electron chi connectivity index (χ3n) is 1.67. The predicted octanol–water partition coefficient (Wildman–Crippen LogP) is 2.34. The van der Waals surface area contributed by atoms with Crippen molar-refractivity contribution in [2.75, 3.05) is 19.0 Å². The molecule has 1 amide bonds. The molecule has 0 aromatic carbocycles. The number of hydrogen-bond acceptors (Lipinski definition) is 5. The van der Waals surface area contributed by atoms with Crippen molar-refractivity contribution in [2.24, 2.45) is 5.92 Å². The lowest BCUT2D eigenvalue weighted by molar-refractivity contribution is 0.147. The zero-order chi connectivity index (χ0) is 12.8. The number of rotatable bonds is 4. The van der Waals surface area contributed by atoms with Crippen LogP contribution >= 0.6 is 11.6 Å². The van der Waals surface area contributed by atoms with Gasteiger partial charge in [-0.2, -0.15) is 4.98 Å². The van der Waals surface area contributed by atoms with Crippen LogP contribution in [0.25, 0.3) is 0 Å². The van der Waals surface area contributed by atoms with Gasteiger partial charge in [0, 0.05) is 0 Å². The van der Waals surface area contributed by atoms with E-state index >= 15 is 0 Å². The third-order valence-corrected chi connectivity index (χ3v) is 1.85. The van der Waals surface area contributed by atoms with E-state index in [1.54, 1.807) is 0 Å². The molecule has 0 radical (unpaired) electrons. The van der Waals surface area contributed by atoms with Crippen LogP contribution in [0.5, 0.6) is 5.88 Å². The van der Waals surface area contributed by atoms with Crippen LogP contribution < -0.4 is 10.1 Å². The lowest BCUT2D eigenvalue weighted by Crippen LogP contribution is -2.18. The SMILES string of the molecule is COc1nc(Cl)cnc1NC(=O)OCC(C)C. The van der Waals surface area contributed by atoms with Gasteiger partial charge in [0.2, 0.25) is 0 Å². The van der Waals surface area contributed by atoms with Gasteiger partial charge in [-0.1, -0.05) is 25.4 Å². The maximum atomic E-state index is 11.4. The number of nitrogens with zero attached hydrogens (tertiary/aromatic N) is 2. The summed E-state index contributed by atoms with van der Waals surface area (Å²) < 4.78 is 9.86. The number of carbonyl (C=O) groups excluding carboxylic acids is 1. The van der Waals surface area contributed by atoms with E-state index in [-0.39, 0.29) is 22.8 Å². The van der Waals surface area contributed by atoms with Crippen molar-refractivity contribution in [1.82, 2.24) is 9.97 Å². The van der Waals surface area contributed by atoms with Crippen molar-refractivity contribution >= 4 is 23.5 Å². The highest BCUT2D eigenvalue weighted by Gasteiger charge is 2.12. The zero-order valence-corrected chi connectivity index (χ0v) is 10.6. The van der Waals surface area contributed by atoms with Crippen LogP contribution in [0.4, 0.5) is 10.6 Å². The molecule has 0 fully saturated rings. The Morgan fingerprint density at radius 3 is 2.88 bits per heavy atom. The Kier molecular flexibility index (Phi) is 4.96. The van der Waals surface area contributed by atoms with Gasteiger partial charge in [0.1, 0.15) is 0 Å². The first kappa shape index (κ1) is 13.5. The van der Waals surface area contributed by atoms with Gasteiger partial charge in [-0.3, -0.25) is 5.32 Å². The average Bonchev–Trinajstić information content (AvgIpc) is 2.28. The molecule has 1 N–H and O–H groups in total. The van der Waals surface area contributed by atoms with E-state index in [2.05, 4.69) is 15.3 Å². The number of methoxy groups -OCH3 is 1. The minimum atomic E-state index is -0.603. The molecule has 0 aliphatic rings. The highest BCUT2D eigenvalue weighted by Crippen LogP contribution is 2.20. The molecule has 0 spiro atoms. The lowest BCUT2D eigenvalue weighted by atomic mass is 10.2. The van der Waals surface area contributed by atoms with Crippen molar-refractivity contribution in [1.29, 1.82) is 0 Å². The average molecular weight is 260 g/mol. The molecular formula is C10H14ClN3O3.